The Kier molecular flexibility index (Phi) is 4.12. The van der Waals surface area contributed by atoms with Crippen molar-refractivity contribution < 1.29 is 18.0 Å². The Hall–Kier alpha value is -0.590. The fourth-order valence-electron chi connectivity index (χ4n) is 1.24. The highest BCUT2D eigenvalue weighted by molar-refractivity contribution is 14.1. The third kappa shape index (κ3) is 3.48. The minimum absolute atomic E-state index is 0.115. The van der Waals surface area contributed by atoms with Crippen molar-refractivity contribution in [1.82, 2.24) is 0 Å². The van der Waals surface area contributed by atoms with Gasteiger partial charge in [0.25, 0.3) is 0 Å². The van der Waals surface area contributed by atoms with E-state index in [1.165, 1.54) is 6.07 Å². The molecule has 0 fully saturated rings. The number of rotatable bonds is 3. The lowest BCUT2D eigenvalue weighted by atomic mass is 10.0. The number of benzene rings is 1. The van der Waals surface area contributed by atoms with E-state index < -0.39 is 11.7 Å². The van der Waals surface area contributed by atoms with Crippen LogP contribution >= 0.6 is 22.6 Å². The number of hydrogen-bond donors (Lipinski definition) is 0. The first-order valence-corrected chi connectivity index (χ1v) is 5.32. The molecule has 1 nitrogen and oxygen atoms in total. The van der Waals surface area contributed by atoms with Gasteiger partial charge in [0.05, 0.1) is 5.56 Å². The molecule has 1 aromatic carbocycles. The Balaban J connectivity index is 3.09. The van der Waals surface area contributed by atoms with Gasteiger partial charge in [-0.2, -0.15) is 13.2 Å². The summed E-state index contributed by atoms with van der Waals surface area (Å²) < 4.78 is 38.2. The van der Waals surface area contributed by atoms with Gasteiger partial charge in [0.15, 0.2) is 0 Å². The molecule has 0 heterocycles. The monoisotopic (exact) mass is 328 g/mol. The molecule has 0 bridgehead atoms. The molecule has 1 aromatic rings. The highest BCUT2D eigenvalue weighted by atomic mass is 127. The van der Waals surface area contributed by atoms with Gasteiger partial charge in [-0.15, -0.1) is 0 Å². The Morgan fingerprint density at radius 1 is 1.33 bits per heavy atom. The van der Waals surface area contributed by atoms with Crippen molar-refractivity contribution in [3.05, 3.63) is 32.9 Å². The van der Waals surface area contributed by atoms with Gasteiger partial charge in [0.2, 0.25) is 0 Å². The van der Waals surface area contributed by atoms with Crippen molar-refractivity contribution in [2.75, 3.05) is 0 Å². The van der Waals surface area contributed by atoms with Crippen LogP contribution in [0.3, 0.4) is 0 Å². The molecule has 15 heavy (non-hydrogen) atoms. The smallest absolute Gasteiger partial charge is 0.303 e. The molecule has 0 unspecified atom stereocenters. The summed E-state index contributed by atoms with van der Waals surface area (Å²) in [5.74, 6) is 0. The summed E-state index contributed by atoms with van der Waals surface area (Å²) in [6, 6.07) is 4.13. The van der Waals surface area contributed by atoms with Crippen molar-refractivity contribution in [2.45, 2.75) is 19.0 Å². The molecular formula is C10H8F3IO. The Morgan fingerprint density at radius 3 is 2.53 bits per heavy atom. The maximum Gasteiger partial charge on any atom is 0.416 e. The molecule has 0 amide bonds. The van der Waals surface area contributed by atoms with Crippen LogP contribution < -0.4 is 0 Å². The number of aryl methyl sites for hydroxylation is 1. The number of halogens is 4. The van der Waals surface area contributed by atoms with Gasteiger partial charge in [0.1, 0.15) is 6.29 Å². The number of hydrogen-bond acceptors (Lipinski definition) is 1. The topological polar surface area (TPSA) is 17.1 Å². The van der Waals surface area contributed by atoms with E-state index in [0.717, 1.165) is 6.07 Å². The summed E-state index contributed by atoms with van der Waals surface area (Å²) in [7, 11) is 0. The van der Waals surface area contributed by atoms with Crippen LogP contribution in [-0.2, 0) is 17.4 Å². The molecule has 0 atom stereocenters. The molecule has 0 aliphatic heterocycles. The zero-order valence-electron chi connectivity index (χ0n) is 7.64. The van der Waals surface area contributed by atoms with E-state index in [2.05, 4.69) is 0 Å². The molecule has 0 saturated carbocycles. The largest absolute Gasteiger partial charge is 0.416 e. The van der Waals surface area contributed by atoms with Gasteiger partial charge in [-0.25, -0.2) is 0 Å². The highest BCUT2D eigenvalue weighted by Gasteiger charge is 2.33. The minimum atomic E-state index is -4.35. The Labute approximate surface area is 98.8 Å². The van der Waals surface area contributed by atoms with E-state index in [9.17, 15) is 18.0 Å². The van der Waals surface area contributed by atoms with Crippen LogP contribution in [0.2, 0.25) is 0 Å². The van der Waals surface area contributed by atoms with E-state index in [4.69, 9.17) is 0 Å². The SMILES string of the molecule is O=CCCc1ccc(I)cc1C(F)(F)F. The van der Waals surface area contributed by atoms with E-state index in [1.807, 2.05) is 22.6 Å². The lowest BCUT2D eigenvalue weighted by Crippen LogP contribution is -2.09. The van der Waals surface area contributed by atoms with E-state index in [-0.39, 0.29) is 18.4 Å². The van der Waals surface area contributed by atoms with Gasteiger partial charge in [-0.3, -0.25) is 0 Å². The van der Waals surface area contributed by atoms with E-state index in [1.54, 1.807) is 6.07 Å². The molecule has 0 spiro atoms. The van der Waals surface area contributed by atoms with Gasteiger partial charge >= 0.3 is 6.18 Å². The van der Waals surface area contributed by atoms with Gasteiger partial charge in [-0.1, -0.05) is 6.07 Å². The predicted octanol–water partition coefficient (Wildman–Crippen LogP) is 3.44. The van der Waals surface area contributed by atoms with Crippen LogP contribution in [0.15, 0.2) is 18.2 Å². The van der Waals surface area contributed by atoms with E-state index in [0.29, 0.717) is 9.86 Å². The molecule has 5 heteroatoms. The maximum absolute atomic E-state index is 12.6. The van der Waals surface area contributed by atoms with Crippen LogP contribution in [0.4, 0.5) is 13.2 Å². The third-order valence-corrected chi connectivity index (χ3v) is 2.58. The summed E-state index contributed by atoms with van der Waals surface area (Å²) >= 11 is 1.83. The second-order valence-electron chi connectivity index (χ2n) is 3.00. The third-order valence-electron chi connectivity index (χ3n) is 1.91. The van der Waals surface area contributed by atoms with Crippen molar-refractivity contribution in [3.63, 3.8) is 0 Å². The summed E-state index contributed by atoms with van der Waals surface area (Å²) in [6.45, 7) is 0. The highest BCUT2D eigenvalue weighted by Crippen LogP contribution is 2.33. The molecule has 0 aliphatic carbocycles. The zero-order chi connectivity index (χ0) is 11.5. The van der Waals surface area contributed by atoms with Gasteiger partial charge < -0.3 is 4.79 Å². The second-order valence-corrected chi connectivity index (χ2v) is 4.25. The normalized spacial score (nSPS) is 11.5. The second kappa shape index (κ2) is 4.96. The van der Waals surface area contributed by atoms with Crippen LogP contribution in [0, 0.1) is 3.57 Å². The summed E-state index contributed by atoms with van der Waals surface area (Å²) in [5, 5.41) is 0. The van der Waals surface area contributed by atoms with Crippen LogP contribution in [0.5, 0.6) is 0 Å². The predicted molar refractivity (Wildman–Crippen MR) is 58.5 cm³/mol. The summed E-state index contributed by atoms with van der Waals surface area (Å²) in [6.07, 6.45) is -3.48. The average molecular weight is 328 g/mol. The number of carbonyl (C=O) groups is 1. The molecule has 0 saturated heterocycles. The van der Waals surface area contributed by atoms with Crippen LogP contribution in [0.1, 0.15) is 17.5 Å². The Morgan fingerprint density at radius 2 is 2.00 bits per heavy atom. The summed E-state index contributed by atoms with van der Waals surface area (Å²) in [5.41, 5.74) is -0.466. The van der Waals surface area contributed by atoms with Gasteiger partial charge in [0, 0.05) is 9.99 Å². The average Bonchev–Trinajstić information content (AvgIpc) is 2.14. The van der Waals surface area contributed by atoms with E-state index >= 15 is 0 Å². The molecule has 0 aromatic heterocycles. The fourth-order valence-corrected chi connectivity index (χ4v) is 1.74. The first kappa shape index (κ1) is 12.5. The van der Waals surface area contributed by atoms with Crippen molar-refractivity contribution in [3.8, 4) is 0 Å². The molecule has 0 radical (unpaired) electrons. The minimum Gasteiger partial charge on any atom is -0.303 e. The quantitative estimate of drug-likeness (QED) is 0.614. The summed E-state index contributed by atoms with van der Waals surface area (Å²) in [4.78, 5) is 10.1. The molecular weight excluding hydrogens is 320 g/mol. The van der Waals surface area contributed by atoms with Crippen molar-refractivity contribution >= 4 is 28.9 Å². The zero-order valence-corrected chi connectivity index (χ0v) is 9.80. The lowest BCUT2D eigenvalue weighted by Gasteiger charge is -2.12. The molecule has 82 valence electrons. The number of aldehydes is 1. The first-order valence-electron chi connectivity index (χ1n) is 4.24. The van der Waals surface area contributed by atoms with Crippen molar-refractivity contribution in [1.29, 1.82) is 0 Å². The number of carbonyl (C=O) groups excluding carboxylic acids is 1. The molecule has 0 aliphatic rings. The van der Waals surface area contributed by atoms with Crippen LogP contribution in [0.25, 0.3) is 0 Å². The van der Waals surface area contributed by atoms with Crippen LogP contribution in [-0.4, -0.2) is 6.29 Å². The number of alkyl halides is 3. The first-order chi connectivity index (χ1) is 6.95. The fraction of sp³-hybridized carbons (Fsp3) is 0.300. The molecule has 1 rings (SSSR count). The lowest BCUT2D eigenvalue weighted by molar-refractivity contribution is -0.138. The Bertz CT molecular complexity index is 360. The van der Waals surface area contributed by atoms with Crippen molar-refractivity contribution in [2.24, 2.45) is 0 Å². The maximum atomic E-state index is 12.6. The molecule has 0 N–H and O–H groups in total. The standard InChI is InChI=1S/C10H8F3IO/c11-10(12,13)9-6-8(14)4-3-7(9)2-1-5-15/h3-6H,1-2H2. The van der Waals surface area contributed by atoms with Gasteiger partial charge in [-0.05, 0) is 46.7 Å².